The van der Waals surface area contributed by atoms with Crippen molar-refractivity contribution in [2.75, 3.05) is 24.2 Å². The molecule has 2 amide bonds. The van der Waals surface area contributed by atoms with Gasteiger partial charge in [0.25, 0.3) is 0 Å². The molecule has 0 spiro atoms. The molecule has 22 heavy (non-hydrogen) atoms. The third-order valence-corrected chi connectivity index (χ3v) is 4.59. The Morgan fingerprint density at radius 3 is 3.05 bits per heavy atom. The monoisotopic (exact) mass is 318 g/mol. The van der Waals surface area contributed by atoms with Crippen LogP contribution in [0.2, 0.25) is 0 Å². The fourth-order valence-electron chi connectivity index (χ4n) is 2.38. The van der Waals surface area contributed by atoms with E-state index in [0.717, 1.165) is 11.5 Å². The zero-order valence-electron chi connectivity index (χ0n) is 12.3. The minimum atomic E-state index is -0.140. The van der Waals surface area contributed by atoms with Crippen LogP contribution in [0.1, 0.15) is 18.1 Å². The molecule has 1 aliphatic rings. The summed E-state index contributed by atoms with van der Waals surface area (Å²) in [5, 5.41) is 2.86. The fourth-order valence-corrected chi connectivity index (χ4v) is 3.59. The maximum Gasteiger partial charge on any atom is 0.323 e. The van der Waals surface area contributed by atoms with E-state index in [1.54, 1.807) is 22.9 Å². The zero-order chi connectivity index (χ0) is 15.4. The molecule has 0 saturated carbocycles. The fraction of sp³-hybridized carbons (Fsp3) is 0.312. The molecule has 0 bridgehead atoms. The molecule has 1 N–H and O–H groups in total. The van der Waals surface area contributed by atoms with E-state index in [4.69, 9.17) is 9.15 Å². The maximum atomic E-state index is 12.6. The van der Waals surface area contributed by atoms with Gasteiger partial charge in [-0.2, -0.15) is 0 Å². The van der Waals surface area contributed by atoms with Crippen LogP contribution in [0.25, 0.3) is 0 Å². The number of urea groups is 1. The summed E-state index contributed by atoms with van der Waals surface area (Å²) in [4.78, 5) is 14.4. The van der Waals surface area contributed by atoms with Crippen molar-refractivity contribution in [3.05, 3.63) is 48.4 Å². The molecule has 1 fully saturated rings. The minimum Gasteiger partial charge on any atom is -0.492 e. The summed E-state index contributed by atoms with van der Waals surface area (Å²) in [5.74, 6) is 2.38. The molecule has 1 saturated heterocycles. The summed E-state index contributed by atoms with van der Waals surface area (Å²) in [5.41, 5.74) is 0.685. The van der Waals surface area contributed by atoms with E-state index >= 15 is 0 Å². The molecule has 2 heterocycles. The summed E-state index contributed by atoms with van der Waals surface area (Å²) in [6, 6.07) is 11.1. The Morgan fingerprint density at radius 2 is 2.27 bits per heavy atom. The van der Waals surface area contributed by atoms with Gasteiger partial charge in [-0.05, 0) is 31.2 Å². The average Bonchev–Trinajstić information content (AvgIpc) is 3.20. The SMILES string of the molecule is CCOc1ccccc1NC(=O)N1CCS[C@@H]1c1ccco1. The summed E-state index contributed by atoms with van der Waals surface area (Å²) < 4.78 is 11.0. The number of amides is 2. The third-order valence-electron chi connectivity index (χ3n) is 3.37. The third kappa shape index (κ3) is 3.06. The predicted octanol–water partition coefficient (Wildman–Crippen LogP) is 3.96. The van der Waals surface area contributed by atoms with Gasteiger partial charge in [0.15, 0.2) is 0 Å². The van der Waals surface area contributed by atoms with Gasteiger partial charge in [0, 0.05) is 12.3 Å². The number of furan rings is 1. The lowest BCUT2D eigenvalue weighted by atomic mass is 10.3. The van der Waals surface area contributed by atoms with E-state index in [1.165, 1.54) is 0 Å². The van der Waals surface area contributed by atoms with Crippen molar-refractivity contribution in [3.63, 3.8) is 0 Å². The van der Waals surface area contributed by atoms with Crippen LogP contribution in [0.4, 0.5) is 10.5 Å². The summed E-state index contributed by atoms with van der Waals surface area (Å²) in [6.45, 7) is 3.17. The summed E-state index contributed by atoms with van der Waals surface area (Å²) in [6.07, 6.45) is 1.63. The maximum absolute atomic E-state index is 12.6. The second-order valence-corrected chi connectivity index (χ2v) is 5.98. The van der Waals surface area contributed by atoms with Crippen molar-refractivity contribution >= 4 is 23.5 Å². The van der Waals surface area contributed by atoms with E-state index in [-0.39, 0.29) is 11.4 Å². The molecular formula is C16H18N2O3S. The second kappa shape index (κ2) is 6.79. The Kier molecular flexibility index (Phi) is 4.58. The van der Waals surface area contributed by atoms with E-state index < -0.39 is 0 Å². The topological polar surface area (TPSA) is 54.7 Å². The first-order valence-corrected chi connectivity index (χ1v) is 8.29. The van der Waals surface area contributed by atoms with Crippen molar-refractivity contribution < 1.29 is 13.9 Å². The number of hydrogen-bond acceptors (Lipinski definition) is 4. The van der Waals surface area contributed by atoms with Gasteiger partial charge in [0.2, 0.25) is 0 Å². The Labute approximate surface area is 133 Å². The van der Waals surface area contributed by atoms with Gasteiger partial charge in [-0.15, -0.1) is 11.8 Å². The van der Waals surface area contributed by atoms with Crippen molar-refractivity contribution in [3.8, 4) is 5.75 Å². The van der Waals surface area contributed by atoms with Crippen molar-refractivity contribution in [1.82, 2.24) is 4.90 Å². The normalized spacial score (nSPS) is 17.5. The first kappa shape index (κ1) is 14.8. The zero-order valence-corrected chi connectivity index (χ0v) is 13.1. The summed E-state index contributed by atoms with van der Waals surface area (Å²) in [7, 11) is 0. The van der Waals surface area contributed by atoms with Crippen molar-refractivity contribution in [2.24, 2.45) is 0 Å². The van der Waals surface area contributed by atoms with Crippen LogP contribution in [0.5, 0.6) is 5.75 Å². The molecule has 3 rings (SSSR count). The lowest BCUT2D eigenvalue weighted by molar-refractivity contribution is 0.209. The van der Waals surface area contributed by atoms with Crippen molar-refractivity contribution in [2.45, 2.75) is 12.3 Å². The van der Waals surface area contributed by atoms with Gasteiger partial charge in [-0.25, -0.2) is 4.79 Å². The molecule has 6 heteroatoms. The lowest BCUT2D eigenvalue weighted by Gasteiger charge is -2.23. The van der Waals surface area contributed by atoms with Crippen LogP contribution in [0.15, 0.2) is 47.1 Å². The molecule has 1 aliphatic heterocycles. The number of hydrogen-bond donors (Lipinski definition) is 1. The molecule has 116 valence electrons. The average molecular weight is 318 g/mol. The van der Waals surface area contributed by atoms with E-state index in [2.05, 4.69) is 5.32 Å². The van der Waals surface area contributed by atoms with Gasteiger partial charge in [0.1, 0.15) is 16.9 Å². The first-order chi connectivity index (χ1) is 10.8. The van der Waals surface area contributed by atoms with Crippen molar-refractivity contribution in [1.29, 1.82) is 0 Å². The largest absolute Gasteiger partial charge is 0.492 e. The molecule has 0 radical (unpaired) electrons. The quantitative estimate of drug-likeness (QED) is 0.927. The highest BCUT2D eigenvalue weighted by Gasteiger charge is 2.32. The Morgan fingerprint density at radius 1 is 1.41 bits per heavy atom. The highest BCUT2D eigenvalue weighted by molar-refractivity contribution is 7.99. The second-order valence-electron chi connectivity index (χ2n) is 4.79. The molecule has 5 nitrogen and oxygen atoms in total. The number of nitrogens with one attached hydrogen (secondary N) is 1. The van der Waals surface area contributed by atoms with Crippen LogP contribution < -0.4 is 10.1 Å². The first-order valence-electron chi connectivity index (χ1n) is 7.24. The highest BCUT2D eigenvalue weighted by atomic mass is 32.2. The number of rotatable bonds is 4. The summed E-state index contributed by atoms with van der Waals surface area (Å²) >= 11 is 1.70. The van der Waals surface area contributed by atoms with Gasteiger partial charge in [0.05, 0.1) is 18.6 Å². The number of para-hydroxylation sites is 2. The van der Waals surface area contributed by atoms with E-state index in [0.29, 0.717) is 24.6 Å². The number of nitrogens with zero attached hydrogens (tertiary/aromatic N) is 1. The Balaban J connectivity index is 1.74. The molecule has 1 aromatic heterocycles. The van der Waals surface area contributed by atoms with Gasteiger partial charge >= 0.3 is 6.03 Å². The molecule has 0 unspecified atom stereocenters. The minimum absolute atomic E-state index is 0.0748. The van der Waals surface area contributed by atoms with E-state index in [1.807, 2.05) is 43.3 Å². The molecule has 2 aromatic rings. The van der Waals surface area contributed by atoms with Gasteiger partial charge in [-0.3, -0.25) is 0 Å². The Hall–Kier alpha value is -2.08. The molecule has 1 aromatic carbocycles. The number of ether oxygens (including phenoxy) is 1. The van der Waals surface area contributed by atoms with Gasteiger partial charge in [-0.1, -0.05) is 12.1 Å². The number of carbonyl (C=O) groups excluding carboxylic acids is 1. The standard InChI is InChI=1S/C16H18N2O3S/c1-2-20-13-7-4-3-6-12(13)17-16(19)18-9-11-22-15(18)14-8-5-10-21-14/h3-8,10,15H,2,9,11H2,1H3,(H,17,19)/t15-/m1/s1. The number of benzene rings is 1. The van der Waals surface area contributed by atoms with E-state index in [9.17, 15) is 4.79 Å². The predicted molar refractivity (Wildman–Crippen MR) is 87.2 cm³/mol. The van der Waals surface area contributed by atoms with Crippen LogP contribution in [-0.2, 0) is 0 Å². The molecule has 0 aliphatic carbocycles. The molecule has 1 atom stereocenters. The molecular weight excluding hydrogens is 300 g/mol. The number of carbonyl (C=O) groups is 1. The van der Waals surface area contributed by atoms with Crippen LogP contribution in [0, 0.1) is 0 Å². The number of anilines is 1. The van der Waals surface area contributed by atoms with Crippen LogP contribution >= 0.6 is 11.8 Å². The Bertz CT molecular complexity index is 630. The van der Waals surface area contributed by atoms with Crippen LogP contribution in [0.3, 0.4) is 0 Å². The smallest absolute Gasteiger partial charge is 0.323 e. The highest BCUT2D eigenvalue weighted by Crippen LogP contribution is 2.38. The van der Waals surface area contributed by atoms with Gasteiger partial charge < -0.3 is 19.4 Å². The lowest BCUT2D eigenvalue weighted by Crippen LogP contribution is -2.34. The van der Waals surface area contributed by atoms with Crippen LogP contribution in [-0.4, -0.2) is 29.8 Å². The number of thioether (sulfide) groups is 1.